The molecule has 0 N–H and O–H groups in total. The Hall–Kier alpha value is -3.95. The average Bonchev–Trinajstić information content (AvgIpc) is 3.10. The number of rotatable bonds is 2. The van der Waals surface area contributed by atoms with Crippen molar-refractivity contribution in [3.05, 3.63) is 87.5 Å². The maximum Gasteiger partial charge on any atom is 0.349 e. The first-order valence-corrected chi connectivity index (χ1v) is 10.0. The van der Waals surface area contributed by atoms with Crippen molar-refractivity contribution in [2.75, 3.05) is 0 Å². The summed E-state index contributed by atoms with van der Waals surface area (Å²) in [7, 11) is 0. The van der Waals surface area contributed by atoms with E-state index in [9.17, 15) is 9.59 Å². The van der Waals surface area contributed by atoms with Crippen LogP contribution in [0.15, 0.2) is 80.9 Å². The fourth-order valence-electron chi connectivity index (χ4n) is 3.52. The molecule has 5 aromatic rings. The lowest BCUT2D eigenvalue weighted by molar-refractivity contribution is 0.0994. The zero-order chi connectivity index (χ0) is 20.7. The van der Waals surface area contributed by atoms with Crippen LogP contribution in [0.4, 0.5) is 0 Å². The predicted molar refractivity (Wildman–Crippen MR) is 119 cm³/mol. The third kappa shape index (κ3) is 2.93. The molecule has 2 heterocycles. The van der Waals surface area contributed by atoms with E-state index >= 15 is 0 Å². The molecule has 6 heteroatoms. The number of thiazole rings is 1. The number of hydrogen-bond acceptors (Lipinski definition) is 4. The molecule has 0 saturated heterocycles. The summed E-state index contributed by atoms with van der Waals surface area (Å²) in [4.78, 5) is 30.1. The molecular formula is C24H14N2O3S. The first-order valence-electron chi connectivity index (χ1n) is 9.22. The van der Waals surface area contributed by atoms with Gasteiger partial charge in [-0.2, -0.15) is 4.99 Å². The van der Waals surface area contributed by atoms with E-state index < -0.39 is 11.5 Å². The van der Waals surface area contributed by atoms with Crippen molar-refractivity contribution in [2.45, 2.75) is 6.54 Å². The van der Waals surface area contributed by atoms with Gasteiger partial charge in [-0.1, -0.05) is 59.7 Å². The highest BCUT2D eigenvalue weighted by atomic mass is 32.1. The Kier molecular flexibility index (Phi) is 4.31. The lowest BCUT2D eigenvalue weighted by atomic mass is 10.0. The summed E-state index contributed by atoms with van der Waals surface area (Å²) in [5.74, 6) is 1.93. The van der Waals surface area contributed by atoms with E-state index in [2.05, 4.69) is 10.9 Å². The van der Waals surface area contributed by atoms with Gasteiger partial charge in [-0.15, -0.1) is 6.42 Å². The molecule has 30 heavy (non-hydrogen) atoms. The van der Waals surface area contributed by atoms with E-state index in [-0.39, 0.29) is 12.1 Å². The zero-order valence-corrected chi connectivity index (χ0v) is 16.5. The minimum Gasteiger partial charge on any atom is -0.422 e. The number of carbonyl (C=O) groups is 1. The second kappa shape index (κ2) is 7.14. The van der Waals surface area contributed by atoms with Crippen LogP contribution in [0.5, 0.6) is 0 Å². The molecule has 0 aliphatic rings. The summed E-state index contributed by atoms with van der Waals surface area (Å²) in [5, 5.41) is 2.58. The zero-order valence-electron chi connectivity index (χ0n) is 15.7. The molecule has 144 valence electrons. The lowest BCUT2D eigenvalue weighted by Crippen LogP contribution is -2.19. The van der Waals surface area contributed by atoms with Crippen LogP contribution in [0.2, 0.25) is 0 Å². The molecule has 1 amide bonds. The number of carbonyl (C=O) groups excluding carboxylic acids is 1. The van der Waals surface area contributed by atoms with Crippen molar-refractivity contribution < 1.29 is 9.21 Å². The van der Waals surface area contributed by atoms with Crippen LogP contribution in [0, 0.1) is 12.3 Å². The highest BCUT2D eigenvalue weighted by molar-refractivity contribution is 7.16. The molecule has 0 bridgehead atoms. The molecule has 5 rings (SSSR count). The molecule has 0 fully saturated rings. The van der Waals surface area contributed by atoms with Crippen molar-refractivity contribution in [2.24, 2.45) is 4.99 Å². The van der Waals surface area contributed by atoms with Gasteiger partial charge in [0.05, 0.1) is 16.8 Å². The van der Waals surface area contributed by atoms with Crippen molar-refractivity contribution in [3.8, 4) is 12.3 Å². The van der Waals surface area contributed by atoms with E-state index in [1.54, 1.807) is 16.7 Å². The van der Waals surface area contributed by atoms with Crippen LogP contribution >= 0.6 is 11.3 Å². The molecule has 0 radical (unpaired) electrons. The molecule has 5 nitrogen and oxygen atoms in total. The maximum atomic E-state index is 13.0. The number of terminal acetylenes is 1. The number of para-hydroxylation sites is 1. The highest BCUT2D eigenvalue weighted by Crippen LogP contribution is 2.25. The minimum atomic E-state index is -0.712. The van der Waals surface area contributed by atoms with Gasteiger partial charge in [0.2, 0.25) is 0 Å². The third-order valence-electron chi connectivity index (χ3n) is 4.91. The van der Waals surface area contributed by atoms with Gasteiger partial charge in [0.15, 0.2) is 4.80 Å². The monoisotopic (exact) mass is 410 g/mol. The summed E-state index contributed by atoms with van der Waals surface area (Å²) in [5.41, 5.74) is 0.503. The summed E-state index contributed by atoms with van der Waals surface area (Å²) in [6.07, 6.45) is 5.50. The van der Waals surface area contributed by atoms with E-state index in [1.807, 2.05) is 54.6 Å². The standard InChI is InChI=1S/C24H14N2O3S/c1-2-13-26-19-9-5-6-10-21(19)30-24(26)25-22(27)18-14-17-16-8-4-3-7-15(16)11-12-20(17)29-23(18)28/h1,3-12,14H,13H2. The van der Waals surface area contributed by atoms with Gasteiger partial charge in [0.1, 0.15) is 11.1 Å². The Morgan fingerprint density at radius 1 is 1.07 bits per heavy atom. The molecule has 0 saturated carbocycles. The van der Waals surface area contributed by atoms with Crippen molar-refractivity contribution in [1.82, 2.24) is 4.57 Å². The number of fused-ring (bicyclic) bond motifs is 4. The first-order chi connectivity index (χ1) is 14.7. The molecule has 0 aliphatic heterocycles. The fourth-order valence-corrected chi connectivity index (χ4v) is 4.55. The molecule has 2 aromatic heterocycles. The average molecular weight is 410 g/mol. The first kappa shape index (κ1) is 18.1. The van der Waals surface area contributed by atoms with E-state index in [1.165, 1.54) is 11.3 Å². The van der Waals surface area contributed by atoms with Crippen LogP contribution in [0.3, 0.4) is 0 Å². The number of amides is 1. The Morgan fingerprint density at radius 2 is 1.87 bits per heavy atom. The van der Waals surface area contributed by atoms with Gasteiger partial charge in [-0.3, -0.25) is 4.79 Å². The Labute approximate surface area is 174 Å². The van der Waals surface area contributed by atoms with Crippen LogP contribution in [0.25, 0.3) is 32.0 Å². The van der Waals surface area contributed by atoms with Crippen molar-refractivity contribution in [1.29, 1.82) is 0 Å². The summed E-state index contributed by atoms with van der Waals surface area (Å²) in [6.45, 7) is 0.271. The topological polar surface area (TPSA) is 64.6 Å². The quantitative estimate of drug-likeness (QED) is 0.247. The number of benzene rings is 3. The van der Waals surface area contributed by atoms with Gasteiger partial charge < -0.3 is 8.98 Å². The maximum absolute atomic E-state index is 13.0. The summed E-state index contributed by atoms with van der Waals surface area (Å²) < 4.78 is 8.17. The molecule has 0 spiro atoms. The molecule has 3 aromatic carbocycles. The molecule has 0 unspecified atom stereocenters. The van der Waals surface area contributed by atoms with E-state index in [0.717, 1.165) is 21.0 Å². The van der Waals surface area contributed by atoms with E-state index in [0.29, 0.717) is 15.8 Å². The van der Waals surface area contributed by atoms with Gasteiger partial charge >= 0.3 is 5.63 Å². The molecule has 0 atom stereocenters. The summed E-state index contributed by atoms with van der Waals surface area (Å²) in [6, 6.07) is 20.6. The second-order valence-corrected chi connectivity index (χ2v) is 7.71. The second-order valence-electron chi connectivity index (χ2n) is 6.71. The van der Waals surface area contributed by atoms with Crippen LogP contribution in [0.1, 0.15) is 10.4 Å². The fraction of sp³-hybridized carbons (Fsp3) is 0.0417. The van der Waals surface area contributed by atoms with Crippen molar-refractivity contribution >= 4 is 49.2 Å². The Balaban J connectivity index is 1.72. The smallest absolute Gasteiger partial charge is 0.349 e. The third-order valence-corrected chi connectivity index (χ3v) is 5.97. The largest absolute Gasteiger partial charge is 0.422 e. The van der Waals surface area contributed by atoms with Gasteiger partial charge in [-0.05, 0) is 35.0 Å². The number of hydrogen-bond donors (Lipinski definition) is 0. The number of nitrogens with zero attached hydrogens (tertiary/aromatic N) is 2. The molecular weight excluding hydrogens is 396 g/mol. The van der Waals surface area contributed by atoms with Gasteiger partial charge in [0.25, 0.3) is 5.91 Å². The SMILES string of the molecule is C#CCn1c(=NC(=O)c2cc3c(ccc4ccccc43)oc2=O)sc2ccccc21. The Bertz CT molecular complexity index is 1630. The predicted octanol–water partition coefficient (Wildman–Crippen LogP) is 4.34. The minimum absolute atomic E-state index is 0.108. The summed E-state index contributed by atoms with van der Waals surface area (Å²) >= 11 is 1.35. The Morgan fingerprint density at radius 3 is 2.73 bits per heavy atom. The van der Waals surface area contributed by atoms with Crippen LogP contribution in [-0.2, 0) is 6.54 Å². The normalized spacial score (nSPS) is 11.9. The molecule has 0 aliphatic carbocycles. The van der Waals surface area contributed by atoms with Crippen LogP contribution < -0.4 is 10.4 Å². The number of aromatic nitrogens is 1. The highest BCUT2D eigenvalue weighted by Gasteiger charge is 2.15. The van der Waals surface area contributed by atoms with E-state index in [4.69, 9.17) is 10.8 Å². The van der Waals surface area contributed by atoms with Crippen LogP contribution in [-0.4, -0.2) is 10.5 Å². The van der Waals surface area contributed by atoms with Gasteiger partial charge in [0, 0.05) is 5.39 Å². The lowest BCUT2D eigenvalue weighted by Gasteiger charge is -2.04. The van der Waals surface area contributed by atoms with Gasteiger partial charge in [-0.25, -0.2) is 4.79 Å². The van der Waals surface area contributed by atoms with Crippen molar-refractivity contribution in [3.63, 3.8) is 0 Å².